The summed E-state index contributed by atoms with van der Waals surface area (Å²) >= 11 is 1.82. The molecule has 1 aromatic carbocycles. The second-order valence-electron chi connectivity index (χ2n) is 4.94. The second-order valence-corrected chi connectivity index (χ2v) is 5.83. The summed E-state index contributed by atoms with van der Waals surface area (Å²) in [4.78, 5) is 4.70. The minimum Gasteiger partial charge on any atom is -0.316 e. The molecule has 0 aliphatic carbocycles. The van der Waals surface area contributed by atoms with Crippen molar-refractivity contribution in [3.8, 4) is 0 Å². The van der Waals surface area contributed by atoms with Crippen molar-refractivity contribution in [3.05, 3.63) is 52.0 Å². The standard InChI is InChI=1S/C15H18N2S/c1-11-10-18-15(17-11)13-7-8-16-9-14(13)12-5-3-2-4-6-12/h2-6,10,13-14,16H,7-9H2,1H3. The first kappa shape index (κ1) is 11.9. The molecule has 3 rings (SSSR count). The summed E-state index contributed by atoms with van der Waals surface area (Å²) in [6, 6.07) is 10.8. The van der Waals surface area contributed by atoms with Gasteiger partial charge in [-0.1, -0.05) is 30.3 Å². The number of hydrogen-bond donors (Lipinski definition) is 1. The van der Waals surface area contributed by atoms with Crippen LogP contribution in [0.1, 0.15) is 34.5 Å². The van der Waals surface area contributed by atoms with Gasteiger partial charge in [0.2, 0.25) is 0 Å². The van der Waals surface area contributed by atoms with Crippen molar-refractivity contribution in [2.45, 2.75) is 25.2 Å². The number of aromatic nitrogens is 1. The van der Waals surface area contributed by atoms with Crippen LogP contribution in [0.25, 0.3) is 0 Å². The fourth-order valence-electron chi connectivity index (χ4n) is 2.75. The molecule has 3 heteroatoms. The summed E-state index contributed by atoms with van der Waals surface area (Å²) in [5.41, 5.74) is 2.59. The molecule has 2 unspecified atom stereocenters. The Morgan fingerprint density at radius 1 is 1.22 bits per heavy atom. The first-order valence-electron chi connectivity index (χ1n) is 6.52. The minimum absolute atomic E-state index is 0.561. The van der Waals surface area contributed by atoms with Crippen LogP contribution in [0.15, 0.2) is 35.7 Å². The van der Waals surface area contributed by atoms with Crippen LogP contribution in [0.2, 0.25) is 0 Å². The van der Waals surface area contributed by atoms with Crippen molar-refractivity contribution in [1.82, 2.24) is 10.3 Å². The van der Waals surface area contributed by atoms with Crippen LogP contribution >= 0.6 is 11.3 Å². The van der Waals surface area contributed by atoms with Gasteiger partial charge in [-0.05, 0) is 25.5 Å². The van der Waals surface area contributed by atoms with E-state index < -0.39 is 0 Å². The Bertz CT molecular complexity index is 506. The zero-order valence-electron chi connectivity index (χ0n) is 10.6. The fraction of sp³-hybridized carbons (Fsp3) is 0.400. The Morgan fingerprint density at radius 2 is 2.06 bits per heavy atom. The molecule has 1 N–H and O–H groups in total. The number of benzene rings is 1. The van der Waals surface area contributed by atoms with E-state index in [0.29, 0.717) is 11.8 Å². The second kappa shape index (κ2) is 5.21. The van der Waals surface area contributed by atoms with E-state index in [-0.39, 0.29) is 0 Å². The highest BCUT2D eigenvalue weighted by Gasteiger charge is 2.29. The molecular weight excluding hydrogens is 240 g/mol. The van der Waals surface area contributed by atoms with Crippen LogP contribution in [0.4, 0.5) is 0 Å². The molecule has 1 fully saturated rings. The Labute approximate surface area is 112 Å². The van der Waals surface area contributed by atoms with Gasteiger partial charge in [0, 0.05) is 29.5 Å². The van der Waals surface area contributed by atoms with Crippen LogP contribution in [0.5, 0.6) is 0 Å². The number of piperidine rings is 1. The molecule has 94 valence electrons. The molecule has 0 radical (unpaired) electrons. The van der Waals surface area contributed by atoms with Gasteiger partial charge in [-0.3, -0.25) is 0 Å². The van der Waals surface area contributed by atoms with E-state index in [9.17, 15) is 0 Å². The number of hydrogen-bond acceptors (Lipinski definition) is 3. The molecule has 2 heterocycles. The van der Waals surface area contributed by atoms with E-state index in [1.165, 1.54) is 17.0 Å². The topological polar surface area (TPSA) is 24.9 Å². The Morgan fingerprint density at radius 3 is 2.78 bits per heavy atom. The molecule has 1 aromatic heterocycles. The van der Waals surface area contributed by atoms with Crippen molar-refractivity contribution >= 4 is 11.3 Å². The molecule has 1 aliphatic rings. The third-order valence-corrected chi connectivity index (χ3v) is 4.76. The molecule has 1 aliphatic heterocycles. The quantitative estimate of drug-likeness (QED) is 0.894. The highest BCUT2D eigenvalue weighted by molar-refractivity contribution is 7.09. The van der Waals surface area contributed by atoms with E-state index >= 15 is 0 Å². The maximum absolute atomic E-state index is 4.70. The first-order valence-corrected chi connectivity index (χ1v) is 7.40. The third kappa shape index (κ3) is 2.33. The van der Waals surface area contributed by atoms with Gasteiger partial charge < -0.3 is 5.32 Å². The van der Waals surface area contributed by atoms with Gasteiger partial charge in [-0.2, -0.15) is 0 Å². The largest absolute Gasteiger partial charge is 0.316 e. The number of nitrogens with one attached hydrogen (secondary N) is 1. The zero-order valence-corrected chi connectivity index (χ0v) is 11.4. The Hall–Kier alpha value is -1.19. The van der Waals surface area contributed by atoms with Crippen molar-refractivity contribution in [2.24, 2.45) is 0 Å². The summed E-state index contributed by atoms with van der Waals surface area (Å²) in [7, 11) is 0. The van der Waals surface area contributed by atoms with E-state index in [0.717, 1.165) is 18.8 Å². The monoisotopic (exact) mass is 258 g/mol. The molecule has 1 saturated heterocycles. The smallest absolute Gasteiger partial charge is 0.0966 e. The number of aryl methyl sites for hydroxylation is 1. The van der Waals surface area contributed by atoms with Gasteiger partial charge in [0.1, 0.15) is 0 Å². The van der Waals surface area contributed by atoms with Gasteiger partial charge >= 0.3 is 0 Å². The Balaban J connectivity index is 1.91. The van der Waals surface area contributed by atoms with Crippen molar-refractivity contribution < 1.29 is 0 Å². The van der Waals surface area contributed by atoms with Crippen LogP contribution in [0, 0.1) is 6.92 Å². The summed E-state index contributed by atoms with van der Waals surface area (Å²) < 4.78 is 0. The highest BCUT2D eigenvalue weighted by atomic mass is 32.1. The molecular formula is C15H18N2S. The lowest BCUT2D eigenvalue weighted by molar-refractivity contribution is 0.403. The van der Waals surface area contributed by atoms with E-state index in [2.05, 4.69) is 48.0 Å². The van der Waals surface area contributed by atoms with Gasteiger partial charge in [-0.15, -0.1) is 11.3 Å². The lowest BCUT2D eigenvalue weighted by atomic mass is 9.82. The SMILES string of the molecule is Cc1csc(C2CCNCC2c2ccccc2)n1. The third-order valence-electron chi connectivity index (χ3n) is 3.66. The Kier molecular flexibility index (Phi) is 3.43. The fourth-order valence-corrected chi connectivity index (χ4v) is 3.74. The summed E-state index contributed by atoms with van der Waals surface area (Å²) in [6.45, 7) is 4.25. The number of rotatable bonds is 2. The van der Waals surface area contributed by atoms with Gasteiger partial charge in [-0.25, -0.2) is 4.98 Å². The maximum Gasteiger partial charge on any atom is 0.0966 e. The lowest BCUT2D eigenvalue weighted by Gasteiger charge is -2.31. The van der Waals surface area contributed by atoms with E-state index in [1.807, 2.05) is 11.3 Å². The maximum atomic E-state index is 4.70. The average molecular weight is 258 g/mol. The van der Waals surface area contributed by atoms with Gasteiger partial charge in [0.15, 0.2) is 0 Å². The van der Waals surface area contributed by atoms with E-state index in [1.54, 1.807) is 0 Å². The minimum atomic E-state index is 0.561. The zero-order chi connectivity index (χ0) is 12.4. The molecule has 0 spiro atoms. The molecule has 2 nitrogen and oxygen atoms in total. The normalized spacial score (nSPS) is 24.1. The molecule has 2 aromatic rings. The lowest BCUT2D eigenvalue weighted by Crippen LogP contribution is -2.33. The van der Waals surface area contributed by atoms with Crippen molar-refractivity contribution in [2.75, 3.05) is 13.1 Å². The van der Waals surface area contributed by atoms with Gasteiger partial charge in [0.25, 0.3) is 0 Å². The molecule has 0 amide bonds. The number of nitrogens with zero attached hydrogens (tertiary/aromatic N) is 1. The van der Waals surface area contributed by atoms with Gasteiger partial charge in [0.05, 0.1) is 5.01 Å². The van der Waals surface area contributed by atoms with Crippen LogP contribution in [-0.2, 0) is 0 Å². The predicted octanol–water partition coefficient (Wildman–Crippen LogP) is 3.31. The average Bonchev–Trinajstić information content (AvgIpc) is 2.86. The summed E-state index contributed by atoms with van der Waals surface area (Å²) in [6.07, 6.45) is 1.19. The molecule has 2 atom stereocenters. The molecule has 0 saturated carbocycles. The summed E-state index contributed by atoms with van der Waals surface area (Å²) in [5.74, 6) is 1.14. The van der Waals surface area contributed by atoms with Crippen LogP contribution < -0.4 is 5.32 Å². The molecule has 0 bridgehead atoms. The molecule has 18 heavy (non-hydrogen) atoms. The van der Waals surface area contributed by atoms with E-state index in [4.69, 9.17) is 4.98 Å². The summed E-state index contributed by atoms with van der Waals surface area (Å²) in [5, 5.41) is 6.99. The number of thiazole rings is 1. The highest BCUT2D eigenvalue weighted by Crippen LogP contribution is 2.38. The first-order chi connectivity index (χ1) is 8.84. The van der Waals surface area contributed by atoms with Crippen molar-refractivity contribution in [1.29, 1.82) is 0 Å². The predicted molar refractivity (Wildman–Crippen MR) is 76.3 cm³/mol. The van der Waals surface area contributed by atoms with Crippen molar-refractivity contribution in [3.63, 3.8) is 0 Å². The van der Waals surface area contributed by atoms with Crippen LogP contribution in [-0.4, -0.2) is 18.1 Å². The van der Waals surface area contributed by atoms with Crippen LogP contribution in [0.3, 0.4) is 0 Å².